The minimum atomic E-state index is 0.331. The van der Waals surface area contributed by atoms with E-state index in [0.717, 1.165) is 16.2 Å². The molecule has 0 spiro atoms. The molecule has 1 aromatic heterocycles. The van der Waals surface area contributed by atoms with Crippen LogP contribution in [0.25, 0.3) is 0 Å². The molecule has 68 valence electrons. The lowest BCUT2D eigenvalue weighted by molar-refractivity contribution is 0.496. The third-order valence-electron chi connectivity index (χ3n) is 1.43. The SMILES string of the molecule is CC(C)(CBr)CSc1ncc[nH]1. The van der Waals surface area contributed by atoms with Crippen LogP contribution in [0.5, 0.6) is 0 Å². The molecule has 0 saturated carbocycles. The van der Waals surface area contributed by atoms with E-state index >= 15 is 0 Å². The zero-order valence-electron chi connectivity index (χ0n) is 7.30. The molecular weight excluding hydrogens is 236 g/mol. The van der Waals surface area contributed by atoms with Gasteiger partial charge in [0, 0.05) is 23.5 Å². The maximum atomic E-state index is 4.15. The summed E-state index contributed by atoms with van der Waals surface area (Å²) in [7, 11) is 0. The maximum Gasteiger partial charge on any atom is 0.165 e. The van der Waals surface area contributed by atoms with E-state index < -0.39 is 0 Å². The molecule has 1 heterocycles. The second-order valence-electron chi connectivity index (χ2n) is 3.48. The molecule has 0 aromatic carbocycles. The number of hydrogen-bond acceptors (Lipinski definition) is 2. The Labute approximate surface area is 85.7 Å². The van der Waals surface area contributed by atoms with Crippen LogP contribution in [0.3, 0.4) is 0 Å². The van der Waals surface area contributed by atoms with Crippen molar-refractivity contribution in [1.29, 1.82) is 0 Å². The van der Waals surface area contributed by atoms with Crippen molar-refractivity contribution in [1.82, 2.24) is 9.97 Å². The molecule has 0 fully saturated rings. The normalized spacial score (nSPS) is 11.9. The van der Waals surface area contributed by atoms with Crippen LogP contribution in [0.4, 0.5) is 0 Å². The smallest absolute Gasteiger partial charge is 0.165 e. The van der Waals surface area contributed by atoms with Gasteiger partial charge in [0.2, 0.25) is 0 Å². The summed E-state index contributed by atoms with van der Waals surface area (Å²) < 4.78 is 0. The van der Waals surface area contributed by atoms with E-state index in [-0.39, 0.29) is 0 Å². The van der Waals surface area contributed by atoms with Crippen LogP contribution in [0, 0.1) is 5.41 Å². The van der Waals surface area contributed by atoms with E-state index in [0.29, 0.717) is 5.41 Å². The van der Waals surface area contributed by atoms with Crippen LogP contribution < -0.4 is 0 Å². The number of imidazole rings is 1. The lowest BCUT2D eigenvalue weighted by Gasteiger charge is -2.19. The van der Waals surface area contributed by atoms with Gasteiger partial charge in [0.1, 0.15) is 0 Å². The van der Waals surface area contributed by atoms with Crippen molar-refractivity contribution in [2.45, 2.75) is 19.0 Å². The summed E-state index contributed by atoms with van der Waals surface area (Å²) in [4.78, 5) is 7.22. The maximum absolute atomic E-state index is 4.15. The van der Waals surface area contributed by atoms with E-state index in [1.165, 1.54) is 0 Å². The van der Waals surface area contributed by atoms with E-state index in [4.69, 9.17) is 0 Å². The summed E-state index contributed by atoms with van der Waals surface area (Å²) in [5.74, 6) is 1.08. The Hall–Kier alpha value is 0.0400. The van der Waals surface area contributed by atoms with E-state index in [1.807, 2.05) is 6.20 Å². The Morgan fingerprint density at radius 1 is 1.67 bits per heavy atom. The molecule has 1 rings (SSSR count). The van der Waals surface area contributed by atoms with Gasteiger partial charge >= 0.3 is 0 Å². The van der Waals surface area contributed by atoms with Crippen molar-refractivity contribution in [2.24, 2.45) is 5.41 Å². The van der Waals surface area contributed by atoms with Crippen molar-refractivity contribution < 1.29 is 0 Å². The quantitative estimate of drug-likeness (QED) is 0.656. The number of aromatic amines is 1. The molecule has 0 radical (unpaired) electrons. The molecule has 0 bridgehead atoms. The Kier molecular flexibility index (Phi) is 3.65. The van der Waals surface area contributed by atoms with E-state index in [2.05, 4.69) is 39.7 Å². The summed E-state index contributed by atoms with van der Waals surface area (Å²) in [5.41, 5.74) is 0.331. The molecular formula is C8H13BrN2S. The van der Waals surface area contributed by atoms with Gasteiger partial charge in [0.25, 0.3) is 0 Å². The third-order valence-corrected chi connectivity index (χ3v) is 4.37. The van der Waals surface area contributed by atoms with Crippen molar-refractivity contribution in [3.05, 3.63) is 12.4 Å². The molecule has 12 heavy (non-hydrogen) atoms. The first-order valence-electron chi connectivity index (χ1n) is 3.82. The first kappa shape index (κ1) is 10.1. The average Bonchev–Trinajstić information content (AvgIpc) is 2.53. The standard InChI is InChI=1S/C8H13BrN2S/c1-8(2,5-9)6-12-7-10-3-4-11-7/h3-4H,5-6H2,1-2H3,(H,10,11). The molecule has 1 aromatic rings. The number of hydrogen-bond donors (Lipinski definition) is 1. The predicted molar refractivity (Wildman–Crippen MR) is 56.9 cm³/mol. The Balaban J connectivity index is 2.36. The second-order valence-corrected chi connectivity index (χ2v) is 5.01. The fourth-order valence-corrected chi connectivity index (χ4v) is 2.01. The number of thioether (sulfide) groups is 1. The van der Waals surface area contributed by atoms with Gasteiger partial charge in [-0.05, 0) is 5.41 Å². The lowest BCUT2D eigenvalue weighted by atomic mass is 10.0. The highest BCUT2D eigenvalue weighted by molar-refractivity contribution is 9.09. The van der Waals surface area contributed by atoms with Gasteiger partial charge in [-0.2, -0.15) is 0 Å². The van der Waals surface area contributed by atoms with Crippen molar-refractivity contribution in [3.8, 4) is 0 Å². The minimum absolute atomic E-state index is 0.331. The molecule has 0 aliphatic carbocycles. The van der Waals surface area contributed by atoms with Gasteiger partial charge in [-0.25, -0.2) is 4.98 Å². The van der Waals surface area contributed by atoms with Crippen LogP contribution in [-0.2, 0) is 0 Å². The second kappa shape index (κ2) is 4.33. The van der Waals surface area contributed by atoms with Gasteiger partial charge in [0.15, 0.2) is 5.16 Å². The van der Waals surface area contributed by atoms with Crippen LogP contribution in [0.2, 0.25) is 0 Å². The fraction of sp³-hybridized carbons (Fsp3) is 0.625. The number of nitrogens with zero attached hydrogens (tertiary/aromatic N) is 1. The van der Waals surface area contributed by atoms with Crippen LogP contribution in [0.15, 0.2) is 17.6 Å². The molecule has 2 nitrogen and oxygen atoms in total. The van der Waals surface area contributed by atoms with E-state index in [1.54, 1.807) is 18.0 Å². The van der Waals surface area contributed by atoms with Crippen LogP contribution >= 0.6 is 27.7 Å². The van der Waals surface area contributed by atoms with E-state index in [9.17, 15) is 0 Å². The first-order chi connectivity index (χ1) is 5.64. The molecule has 0 atom stereocenters. The zero-order chi connectivity index (χ0) is 9.03. The van der Waals surface area contributed by atoms with Gasteiger partial charge in [-0.15, -0.1) is 0 Å². The summed E-state index contributed by atoms with van der Waals surface area (Å²) in [5, 5.41) is 2.03. The van der Waals surface area contributed by atoms with Gasteiger partial charge in [-0.1, -0.05) is 41.5 Å². The molecule has 0 aliphatic rings. The topological polar surface area (TPSA) is 28.7 Å². The van der Waals surface area contributed by atoms with Gasteiger partial charge < -0.3 is 4.98 Å². The minimum Gasteiger partial charge on any atom is -0.340 e. The van der Waals surface area contributed by atoms with Crippen LogP contribution in [0.1, 0.15) is 13.8 Å². The summed E-state index contributed by atoms with van der Waals surface area (Å²) in [6, 6.07) is 0. The average molecular weight is 249 g/mol. The first-order valence-corrected chi connectivity index (χ1v) is 5.93. The zero-order valence-corrected chi connectivity index (χ0v) is 9.70. The Morgan fingerprint density at radius 2 is 2.42 bits per heavy atom. The van der Waals surface area contributed by atoms with Crippen molar-refractivity contribution in [3.63, 3.8) is 0 Å². The molecule has 1 N–H and O–H groups in total. The fourth-order valence-electron chi connectivity index (χ4n) is 0.632. The number of nitrogens with one attached hydrogen (secondary N) is 1. The molecule has 0 saturated heterocycles. The molecule has 4 heteroatoms. The van der Waals surface area contributed by atoms with Crippen LogP contribution in [-0.4, -0.2) is 21.1 Å². The number of aromatic nitrogens is 2. The number of halogens is 1. The molecule has 0 amide bonds. The highest BCUT2D eigenvalue weighted by atomic mass is 79.9. The van der Waals surface area contributed by atoms with Crippen molar-refractivity contribution in [2.75, 3.05) is 11.1 Å². The molecule has 0 aliphatic heterocycles. The Bertz CT molecular complexity index is 221. The number of H-pyrrole nitrogens is 1. The third kappa shape index (κ3) is 3.19. The number of rotatable bonds is 4. The predicted octanol–water partition coefficient (Wildman–Crippen LogP) is 2.92. The summed E-state index contributed by atoms with van der Waals surface area (Å²) in [6.07, 6.45) is 3.63. The highest BCUT2D eigenvalue weighted by Gasteiger charge is 2.16. The van der Waals surface area contributed by atoms with Crippen molar-refractivity contribution >= 4 is 27.7 Å². The highest BCUT2D eigenvalue weighted by Crippen LogP contribution is 2.26. The summed E-state index contributed by atoms with van der Waals surface area (Å²) >= 11 is 5.25. The van der Waals surface area contributed by atoms with Gasteiger partial charge in [0.05, 0.1) is 0 Å². The number of alkyl halides is 1. The van der Waals surface area contributed by atoms with Gasteiger partial charge in [-0.3, -0.25) is 0 Å². The molecule has 0 unspecified atom stereocenters. The summed E-state index contributed by atoms with van der Waals surface area (Å²) in [6.45, 7) is 4.47. The Morgan fingerprint density at radius 3 is 2.92 bits per heavy atom. The lowest BCUT2D eigenvalue weighted by Crippen LogP contribution is -2.16. The monoisotopic (exact) mass is 248 g/mol. The largest absolute Gasteiger partial charge is 0.340 e.